The number of aromatic nitrogens is 1. The van der Waals surface area contributed by atoms with E-state index in [2.05, 4.69) is 11.9 Å². The fourth-order valence-electron chi connectivity index (χ4n) is 6.32. The van der Waals surface area contributed by atoms with Crippen LogP contribution in [-0.2, 0) is 41.6 Å². The molecule has 1 saturated heterocycles. The number of pyridine rings is 1. The van der Waals surface area contributed by atoms with Crippen molar-refractivity contribution in [1.29, 1.82) is 0 Å². The van der Waals surface area contributed by atoms with Crippen LogP contribution in [0.25, 0.3) is 10.9 Å². The van der Waals surface area contributed by atoms with Crippen molar-refractivity contribution in [3.8, 4) is 11.5 Å². The van der Waals surface area contributed by atoms with E-state index >= 15 is 0 Å². The lowest BCUT2D eigenvalue weighted by Crippen LogP contribution is -2.53. The number of carbonyl (C=O) groups excluding carboxylic acids is 4. The average molecular weight is 688 g/mol. The van der Waals surface area contributed by atoms with E-state index in [0.717, 1.165) is 24.8 Å². The van der Waals surface area contributed by atoms with Gasteiger partial charge < -0.3 is 33.9 Å². The molecule has 1 spiro atoms. The zero-order valence-corrected chi connectivity index (χ0v) is 29.4. The van der Waals surface area contributed by atoms with Gasteiger partial charge in [0, 0.05) is 24.3 Å². The van der Waals surface area contributed by atoms with Gasteiger partial charge in [-0.1, -0.05) is 30.5 Å². The van der Waals surface area contributed by atoms with Gasteiger partial charge in [0.15, 0.2) is 0 Å². The van der Waals surface area contributed by atoms with E-state index < -0.39 is 47.2 Å². The Bertz CT molecular complexity index is 1560. The van der Waals surface area contributed by atoms with Crippen molar-refractivity contribution in [3.05, 3.63) is 41.1 Å². The number of ether oxygens (including phenoxy) is 5. The predicted molar refractivity (Wildman–Crippen MR) is 179 cm³/mol. The smallest absolute Gasteiger partial charge is 0.408 e. The summed E-state index contributed by atoms with van der Waals surface area (Å²) in [7, 11) is 2.79. The highest BCUT2D eigenvalue weighted by atomic mass is 35.5. The van der Waals surface area contributed by atoms with Crippen molar-refractivity contribution in [1.82, 2.24) is 15.2 Å². The number of alkyl carbamates (subject to hydrolysis) is 1. The number of allylic oxidation sites excluding steroid dienone is 1. The van der Waals surface area contributed by atoms with Crippen LogP contribution in [0.5, 0.6) is 11.5 Å². The summed E-state index contributed by atoms with van der Waals surface area (Å²) in [5.41, 5.74) is -0.0442. The minimum absolute atomic E-state index is 0.0465. The summed E-state index contributed by atoms with van der Waals surface area (Å²) >= 11 is 6.77. The van der Waals surface area contributed by atoms with Gasteiger partial charge in [0.2, 0.25) is 5.91 Å². The Morgan fingerprint density at radius 2 is 1.96 bits per heavy atom. The first kappa shape index (κ1) is 36.8. The van der Waals surface area contributed by atoms with E-state index in [1.807, 2.05) is 6.08 Å². The molecular formula is C35H46ClN3O9. The molecule has 3 atom stereocenters. The number of hydrogen-bond donors (Lipinski definition) is 1. The number of esters is 2. The first-order valence-electron chi connectivity index (χ1n) is 16.2. The van der Waals surface area contributed by atoms with Gasteiger partial charge in [0.05, 0.1) is 31.3 Å². The molecule has 13 heteroatoms. The molecule has 1 N–H and O–H groups in total. The molecule has 1 aromatic heterocycles. The van der Waals surface area contributed by atoms with Crippen LogP contribution in [-0.4, -0.2) is 77.9 Å². The number of halogens is 1. The quantitative estimate of drug-likeness (QED) is 0.125. The molecule has 48 heavy (non-hydrogen) atoms. The highest BCUT2D eigenvalue weighted by molar-refractivity contribution is 6.37. The molecule has 12 nitrogen and oxygen atoms in total. The molecule has 0 radical (unpaired) electrons. The third-order valence-corrected chi connectivity index (χ3v) is 8.88. The van der Waals surface area contributed by atoms with Gasteiger partial charge in [-0.2, -0.15) is 0 Å². The average Bonchev–Trinajstić information content (AvgIpc) is 3.39. The number of methoxy groups -OCH3 is 2. The monoisotopic (exact) mass is 687 g/mol. The van der Waals surface area contributed by atoms with Gasteiger partial charge in [-0.05, 0) is 65.0 Å². The predicted octanol–water partition coefficient (Wildman–Crippen LogP) is 5.83. The standard InChI is InChI=1S/C35H46ClN3O9/c1-8-9-10-11-12-13-24(38-33(43)48-34(3,4)5)31(41)39-20-35(18-26(39)32(42)45-7)17-16-22-28-23(14-15-27(44-6)29(28)36)37-25(30(22)47-35)19-46-21(2)40/h8,14-15,24,26H,1,9-13,16-20H2,2-7H3,(H,38,43)/t24-,26-,35?/m0/s1. The number of unbranched alkanes of at least 4 members (excludes halogenated alkanes) is 3. The van der Waals surface area contributed by atoms with Gasteiger partial charge in [-0.15, -0.1) is 6.58 Å². The molecular weight excluding hydrogens is 642 g/mol. The molecule has 2 aromatic rings. The number of fused-ring (bicyclic) bond motifs is 3. The van der Waals surface area contributed by atoms with Gasteiger partial charge in [0.1, 0.15) is 47.1 Å². The van der Waals surface area contributed by atoms with Crippen molar-refractivity contribution in [2.75, 3.05) is 20.8 Å². The Hall–Kier alpha value is -4.06. The zero-order chi connectivity index (χ0) is 35.2. The number of amides is 2. The first-order valence-corrected chi connectivity index (χ1v) is 16.6. The molecule has 1 aromatic carbocycles. The van der Waals surface area contributed by atoms with Crippen LogP contribution in [0, 0.1) is 0 Å². The third kappa shape index (κ3) is 8.50. The number of hydrogen-bond acceptors (Lipinski definition) is 10. The fourth-order valence-corrected chi connectivity index (χ4v) is 6.67. The number of carbonyl (C=O) groups is 4. The SMILES string of the molecule is C=CCCCCC[C@H](NC(=O)OC(C)(C)C)C(=O)N1CC2(CCc3c(c(COC(C)=O)nc4ccc(OC)c(Cl)c34)O2)C[C@H]1C(=O)OC. The van der Waals surface area contributed by atoms with E-state index in [4.69, 9.17) is 40.3 Å². The minimum Gasteiger partial charge on any atom is -0.495 e. The summed E-state index contributed by atoms with van der Waals surface area (Å²) < 4.78 is 28.2. The Balaban J connectivity index is 1.70. The van der Waals surface area contributed by atoms with E-state index in [9.17, 15) is 19.2 Å². The second-order valence-electron chi connectivity index (χ2n) is 13.2. The maximum absolute atomic E-state index is 14.3. The van der Waals surface area contributed by atoms with Crippen LogP contribution >= 0.6 is 11.6 Å². The van der Waals surface area contributed by atoms with Gasteiger partial charge >= 0.3 is 18.0 Å². The molecule has 0 saturated carbocycles. The van der Waals surface area contributed by atoms with Crippen molar-refractivity contribution in [3.63, 3.8) is 0 Å². The minimum atomic E-state index is -1.01. The molecule has 0 aliphatic carbocycles. The third-order valence-electron chi connectivity index (χ3n) is 8.51. The van der Waals surface area contributed by atoms with Crippen molar-refractivity contribution < 1.29 is 42.9 Å². The Morgan fingerprint density at radius 3 is 2.60 bits per heavy atom. The van der Waals surface area contributed by atoms with Crippen molar-refractivity contribution in [2.45, 2.75) is 109 Å². The summed E-state index contributed by atoms with van der Waals surface area (Å²) in [6, 6.07) is 1.58. The lowest BCUT2D eigenvalue weighted by atomic mass is 9.87. The van der Waals surface area contributed by atoms with Crippen LogP contribution in [0.4, 0.5) is 4.79 Å². The number of nitrogens with one attached hydrogen (secondary N) is 1. The highest BCUT2D eigenvalue weighted by Crippen LogP contribution is 2.47. The second-order valence-corrected chi connectivity index (χ2v) is 13.6. The molecule has 262 valence electrons. The summed E-state index contributed by atoms with van der Waals surface area (Å²) in [6.07, 6.45) is 5.74. The number of nitrogens with zero attached hydrogens (tertiary/aromatic N) is 2. The number of likely N-dealkylation sites (tertiary alicyclic amines) is 1. The molecule has 4 rings (SSSR count). The fraction of sp³-hybridized carbons (Fsp3) is 0.571. The number of aryl methyl sites for hydroxylation is 1. The lowest BCUT2D eigenvalue weighted by Gasteiger charge is -2.37. The summed E-state index contributed by atoms with van der Waals surface area (Å²) in [5, 5.41) is 3.77. The van der Waals surface area contributed by atoms with Crippen molar-refractivity contribution in [2.24, 2.45) is 0 Å². The van der Waals surface area contributed by atoms with Crippen LogP contribution in [0.1, 0.15) is 83.9 Å². The number of rotatable bonds is 12. The zero-order valence-electron chi connectivity index (χ0n) is 28.6. The summed E-state index contributed by atoms with van der Waals surface area (Å²) in [5.74, 6) is -0.663. The normalized spacial score (nSPS) is 19.2. The van der Waals surface area contributed by atoms with E-state index in [-0.39, 0.29) is 19.6 Å². The van der Waals surface area contributed by atoms with E-state index in [0.29, 0.717) is 58.8 Å². The Labute approximate surface area is 286 Å². The largest absolute Gasteiger partial charge is 0.495 e. The highest BCUT2D eigenvalue weighted by Gasteiger charge is 2.54. The van der Waals surface area contributed by atoms with Gasteiger partial charge in [-0.3, -0.25) is 9.59 Å². The molecule has 2 aliphatic heterocycles. The summed E-state index contributed by atoms with van der Waals surface area (Å²) in [6.45, 7) is 10.2. The molecule has 1 fully saturated rings. The van der Waals surface area contributed by atoms with Crippen molar-refractivity contribution >= 4 is 46.4 Å². The topological polar surface area (TPSA) is 143 Å². The Kier molecular flexibility index (Phi) is 11.8. The Morgan fingerprint density at radius 1 is 1.21 bits per heavy atom. The molecule has 3 heterocycles. The van der Waals surface area contributed by atoms with E-state index in [1.165, 1.54) is 26.0 Å². The van der Waals surface area contributed by atoms with Gasteiger partial charge in [0.25, 0.3) is 0 Å². The van der Waals surface area contributed by atoms with Crippen LogP contribution in [0.2, 0.25) is 5.02 Å². The van der Waals surface area contributed by atoms with Gasteiger partial charge in [-0.25, -0.2) is 14.6 Å². The maximum Gasteiger partial charge on any atom is 0.408 e. The van der Waals surface area contributed by atoms with Crippen LogP contribution in [0.3, 0.4) is 0 Å². The van der Waals surface area contributed by atoms with E-state index in [1.54, 1.807) is 32.9 Å². The number of benzene rings is 1. The molecule has 0 bridgehead atoms. The molecule has 2 amide bonds. The van der Waals surface area contributed by atoms with Crippen LogP contribution in [0.15, 0.2) is 24.8 Å². The maximum atomic E-state index is 14.3. The second kappa shape index (κ2) is 15.4. The molecule has 1 unspecified atom stereocenters. The first-order chi connectivity index (χ1) is 22.7. The summed E-state index contributed by atoms with van der Waals surface area (Å²) in [4.78, 5) is 58.3. The molecule has 2 aliphatic rings. The van der Waals surface area contributed by atoms with Crippen LogP contribution < -0.4 is 14.8 Å². The lowest BCUT2D eigenvalue weighted by molar-refractivity contribution is -0.151.